The molecule has 2 aromatic rings. The molecule has 0 saturated carbocycles. The van der Waals surface area contributed by atoms with Crippen LogP contribution in [0.2, 0.25) is 6.04 Å². The summed E-state index contributed by atoms with van der Waals surface area (Å²) in [6, 6.07) is 17.4. The summed E-state index contributed by atoms with van der Waals surface area (Å²) >= 11 is 0. The lowest BCUT2D eigenvalue weighted by Gasteiger charge is -2.25. The summed E-state index contributed by atoms with van der Waals surface area (Å²) in [7, 11) is -2.52. The molecule has 1 nitrogen and oxygen atoms in total. The Hall–Kier alpha value is -1.38. The van der Waals surface area contributed by atoms with Gasteiger partial charge in [-0.05, 0) is 30.3 Å². The van der Waals surface area contributed by atoms with E-state index in [4.69, 9.17) is 0 Å². The van der Waals surface area contributed by atoms with E-state index in [9.17, 15) is 4.80 Å². The molecule has 94 valence electrons. The van der Waals surface area contributed by atoms with Crippen LogP contribution in [-0.2, 0) is 0 Å². The van der Waals surface area contributed by atoms with Crippen LogP contribution in [-0.4, -0.2) is 13.1 Å². The first-order valence-electron chi connectivity index (χ1n) is 6.43. The molecular weight excluding hydrogens is 236 g/mol. The van der Waals surface area contributed by atoms with Gasteiger partial charge in [0.2, 0.25) is 0 Å². The zero-order chi connectivity index (χ0) is 13.2. The summed E-state index contributed by atoms with van der Waals surface area (Å²) in [5, 5.41) is 2.19. The second kappa shape index (κ2) is 5.08. The van der Waals surface area contributed by atoms with Gasteiger partial charge in [-0.2, -0.15) is 0 Å². The minimum absolute atomic E-state index is 0.805. The molecule has 2 rings (SSSR count). The number of rotatable bonds is 3. The maximum Gasteiger partial charge on any atom is 0.252 e. The van der Waals surface area contributed by atoms with Crippen LogP contribution in [0.15, 0.2) is 48.5 Å². The van der Waals surface area contributed by atoms with Gasteiger partial charge in [0.15, 0.2) is 0 Å². The molecule has 0 saturated heterocycles. The van der Waals surface area contributed by atoms with E-state index in [1.165, 1.54) is 11.1 Å². The maximum absolute atomic E-state index is 11.1. The third kappa shape index (κ3) is 2.40. The van der Waals surface area contributed by atoms with Gasteiger partial charge >= 0.3 is 0 Å². The van der Waals surface area contributed by atoms with E-state index >= 15 is 0 Å². The SMILES string of the molecule is CC[Si](O)(c1ccc(C)cc1)c1ccc(C)cc1. The second-order valence-corrected chi connectivity index (χ2v) is 8.53. The van der Waals surface area contributed by atoms with Crippen LogP contribution in [0.4, 0.5) is 0 Å². The predicted octanol–water partition coefficient (Wildman–Crippen LogP) is 2.38. The molecule has 0 spiro atoms. The van der Waals surface area contributed by atoms with E-state index in [2.05, 4.69) is 69.3 Å². The van der Waals surface area contributed by atoms with Crippen molar-refractivity contribution in [2.45, 2.75) is 26.8 Å². The van der Waals surface area contributed by atoms with Crippen molar-refractivity contribution < 1.29 is 4.80 Å². The fourth-order valence-electron chi connectivity index (χ4n) is 2.23. The van der Waals surface area contributed by atoms with Gasteiger partial charge in [-0.3, -0.25) is 0 Å². The van der Waals surface area contributed by atoms with E-state index in [0.29, 0.717) is 0 Å². The standard InChI is InChI=1S/C16H20OSi/c1-4-18(17,15-9-5-13(2)6-10-15)16-11-7-14(3)8-12-16/h5-12,17H,4H2,1-3H3. The molecule has 0 heterocycles. The lowest BCUT2D eigenvalue weighted by Crippen LogP contribution is -2.58. The molecule has 0 amide bonds. The van der Waals surface area contributed by atoms with E-state index in [1.807, 2.05) is 0 Å². The Morgan fingerprint density at radius 1 is 0.778 bits per heavy atom. The van der Waals surface area contributed by atoms with Crippen molar-refractivity contribution in [1.29, 1.82) is 0 Å². The highest BCUT2D eigenvalue weighted by atomic mass is 28.4. The van der Waals surface area contributed by atoms with Crippen molar-refractivity contribution in [1.82, 2.24) is 0 Å². The van der Waals surface area contributed by atoms with Crippen LogP contribution in [0, 0.1) is 13.8 Å². The Kier molecular flexibility index (Phi) is 3.69. The van der Waals surface area contributed by atoms with Crippen molar-refractivity contribution in [3.8, 4) is 0 Å². The quantitative estimate of drug-likeness (QED) is 0.836. The highest BCUT2D eigenvalue weighted by Gasteiger charge is 2.33. The molecule has 0 aliphatic heterocycles. The zero-order valence-corrected chi connectivity index (χ0v) is 12.3. The van der Waals surface area contributed by atoms with Crippen LogP contribution in [0.1, 0.15) is 18.1 Å². The number of benzene rings is 2. The molecule has 0 fully saturated rings. The monoisotopic (exact) mass is 256 g/mol. The van der Waals surface area contributed by atoms with Gasteiger partial charge in [0.1, 0.15) is 0 Å². The Morgan fingerprint density at radius 2 is 1.11 bits per heavy atom. The summed E-state index contributed by atoms with van der Waals surface area (Å²) in [4.78, 5) is 11.1. The highest BCUT2D eigenvalue weighted by molar-refractivity contribution is 6.96. The molecule has 0 bridgehead atoms. The molecule has 2 heteroatoms. The summed E-state index contributed by atoms with van der Waals surface area (Å²) in [6.45, 7) is 6.22. The van der Waals surface area contributed by atoms with Crippen molar-refractivity contribution in [2.75, 3.05) is 0 Å². The van der Waals surface area contributed by atoms with Crippen LogP contribution in [0.25, 0.3) is 0 Å². The average molecular weight is 256 g/mol. The minimum atomic E-state index is -2.52. The first kappa shape index (κ1) is 13.1. The topological polar surface area (TPSA) is 20.2 Å². The highest BCUT2D eigenvalue weighted by Crippen LogP contribution is 2.09. The Bertz CT molecular complexity index is 468. The molecule has 0 aromatic heterocycles. The summed E-state index contributed by atoms with van der Waals surface area (Å²) in [5.41, 5.74) is 2.46. The predicted molar refractivity (Wildman–Crippen MR) is 80.1 cm³/mol. The summed E-state index contributed by atoms with van der Waals surface area (Å²) < 4.78 is 0. The van der Waals surface area contributed by atoms with Crippen molar-refractivity contribution in [3.05, 3.63) is 59.7 Å². The van der Waals surface area contributed by atoms with Gasteiger partial charge in [-0.1, -0.05) is 66.6 Å². The average Bonchev–Trinajstić information content (AvgIpc) is 2.39. The van der Waals surface area contributed by atoms with Crippen LogP contribution >= 0.6 is 0 Å². The first-order chi connectivity index (χ1) is 8.56. The first-order valence-corrected chi connectivity index (χ1v) is 8.58. The smallest absolute Gasteiger partial charge is 0.252 e. The minimum Gasteiger partial charge on any atom is -0.424 e. The molecule has 0 radical (unpaired) electrons. The van der Waals surface area contributed by atoms with E-state index in [0.717, 1.165) is 16.4 Å². The molecule has 2 aromatic carbocycles. The molecular formula is C16H20OSi. The van der Waals surface area contributed by atoms with E-state index in [-0.39, 0.29) is 0 Å². The third-order valence-electron chi connectivity index (χ3n) is 3.57. The lowest BCUT2D eigenvalue weighted by molar-refractivity contribution is 0.567. The number of aryl methyl sites for hydroxylation is 2. The largest absolute Gasteiger partial charge is 0.424 e. The van der Waals surface area contributed by atoms with Crippen LogP contribution in [0.5, 0.6) is 0 Å². The van der Waals surface area contributed by atoms with Crippen LogP contribution in [0.3, 0.4) is 0 Å². The Morgan fingerprint density at radius 3 is 1.39 bits per heavy atom. The van der Waals surface area contributed by atoms with Crippen molar-refractivity contribution >= 4 is 18.7 Å². The molecule has 0 aliphatic rings. The molecule has 0 atom stereocenters. The normalized spacial score (nSPS) is 11.6. The van der Waals surface area contributed by atoms with Gasteiger partial charge in [-0.25, -0.2) is 0 Å². The number of hydrogen-bond acceptors (Lipinski definition) is 1. The molecule has 0 aliphatic carbocycles. The molecule has 0 unspecified atom stereocenters. The summed E-state index contributed by atoms with van der Waals surface area (Å²) in [5.74, 6) is 0. The van der Waals surface area contributed by atoms with Gasteiger partial charge in [0.05, 0.1) is 0 Å². The lowest BCUT2D eigenvalue weighted by atomic mass is 10.2. The van der Waals surface area contributed by atoms with Gasteiger partial charge in [0, 0.05) is 0 Å². The fraction of sp³-hybridized carbons (Fsp3) is 0.250. The Balaban J connectivity index is 2.47. The molecule has 18 heavy (non-hydrogen) atoms. The van der Waals surface area contributed by atoms with Gasteiger partial charge in [-0.15, -0.1) is 0 Å². The van der Waals surface area contributed by atoms with Gasteiger partial charge < -0.3 is 4.80 Å². The van der Waals surface area contributed by atoms with Crippen molar-refractivity contribution in [2.24, 2.45) is 0 Å². The van der Waals surface area contributed by atoms with Crippen molar-refractivity contribution in [3.63, 3.8) is 0 Å². The molecule has 1 N–H and O–H groups in total. The second-order valence-electron chi connectivity index (χ2n) is 4.95. The van der Waals surface area contributed by atoms with E-state index < -0.39 is 8.32 Å². The zero-order valence-electron chi connectivity index (χ0n) is 11.3. The number of hydrogen-bond donors (Lipinski definition) is 1. The fourth-order valence-corrected chi connectivity index (χ4v) is 4.82. The maximum atomic E-state index is 11.1. The van der Waals surface area contributed by atoms with E-state index in [1.54, 1.807) is 0 Å². The van der Waals surface area contributed by atoms with Gasteiger partial charge in [0.25, 0.3) is 8.32 Å². The van der Waals surface area contributed by atoms with Crippen LogP contribution < -0.4 is 10.4 Å². The third-order valence-corrected chi connectivity index (χ3v) is 7.17. The summed E-state index contributed by atoms with van der Waals surface area (Å²) in [6.07, 6.45) is 0. The Labute approximate surface area is 110 Å².